The number of rotatable bonds is 3. The Morgan fingerprint density at radius 2 is 1.54 bits per heavy atom. The van der Waals surface area contributed by atoms with Crippen molar-refractivity contribution in [3.8, 4) is 0 Å². The monoisotopic (exact) mass is 544 g/mol. The number of carboxylic acid groups (broad SMARTS) is 2. The average Bonchev–Trinajstić information content (AvgIpc) is 3.44. The third-order valence-corrected chi connectivity index (χ3v) is 5.51. The van der Waals surface area contributed by atoms with E-state index in [1.807, 2.05) is 12.1 Å². The highest BCUT2D eigenvalue weighted by Crippen LogP contribution is 2.40. The second-order valence-electron chi connectivity index (χ2n) is 8.37. The number of piperidine rings is 1. The second kappa shape index (κ2) is 12.2. The van der Waals surface area contributed by atoms with E-state index in [-0.39, 0.29) is 5.82 Å². The predicted octanol–water partition coefficient (Wildman–Crippen LogP) is 3.97. The number of hydrogen-bond donors (Lipinski definition) is 2. The summed E-state index contributed by atoms with van der Waals surface area (Å²) >= 11 is 0. The van der Waals surface area contributed by atoms with E-state index in [1.165, 1.54) is 25.2 Å². The molecule has 1 unspecified atom stereocenters. The SMILES string of the molecule is Fc1cnc(N2CCCC3(CCN(Cc4ccco4)C3)C2)nc1.O=C(O)C(F)(F)F.O=C(O)C(F)(F)F. The Morgan fingerprint density at radius 3 is 2.03 bits per heavy atom. The number of nitrogens with zero attached hydrogens (tertiary/aromatic N) is 4. The fourth-order valence-electron chi connectivity index (χ4n) is 3.97. The molecule has 0 aromatic carbocycles. The number of halogens is 7. The molecule has 206 valence electrons. The Morgan fingerprint density at radius 1 is 0.973 bits per heavy atom. The van der Waals surface area contributed by atoms with Gasteiger partial charge in [-0.15, -0.1) is 0 Å². The smallest absolute Gasteiger partial charge is 0.475 e. The first kappa shape index (κ1) is 29.8. The molecule has 0 radical (unpaired) electrons. The van der Waals surface area contributed by atoms with Gasteiger partial charge >= 0.3 is 24.3 Å². The van der Waals surface area contributed by atoms with Crippen molar-refractivity contribution in [2.45, 2.75) is 38.2 Å². The molecule has 2 fully saturated rings. The zero-order valence-corrected chi connectivity index (χ0v) is 19.1. The van der Waals surface area contributed by atoms with Gasteiger partial charge in [0.25, 0.3) is 0 Å². The molecule has 4 heterocycles. The topological polar surface area (TPSA) is 120 Å². The van der Waals surface area contributed by atoms with Crippen molar-refractivity contribution in [2.24, 2.45) is 5.41 Å². The number of carbonyl (C=O) groups is 2. The van der Waals surface area contributed by atoms with Gasteiger partial charge in [-0.1, -0.05) is 0 Å². The zero-order chi connectivity index (χ0) is 27.9. The Kier molecular flexibility index (Phi) is 9.83. The molecule has 0 aliphatic carbocycles. The fourth-order valence-corrected chi connectivity index (χ4v) is 3.97. The maximum atomic E-state index is 13.0. The molecule has 2 aromatic heterocycles. The van der Waals surface area contributed by atoms with Crippen LogP contribution in [0.2, 0.25) is 0 Å². The summed E-state index contributed by atoms with van der Waals surface area (Å²) in [5.41, 5.74) is 0.294. The second-order valence-corrected chi connectivity index (χ2v) is 8.37. The van der Waals surface area contributed by atoms with Gasteiger partial charge in [-0.3, -0.25) is 4.90 Å². The summed E-state index contributed by atoms with van der Waals surface area (Å²) in [5.74, 6) is -4.22. The average molecular weight is 544 g/mol. The van der Waals surface area contributed by atoms with E-state index in [0.717, 1.165) is 44.9 Å². The largest absolute Gasteiger partial charge is 0.490 e. The number of hydrogen-bond acceptors (Lipinski definition) is 7. The number of alkyl halides is 6. The van der Waals surface area contributed by atoms with Crippen LogP contribution in [0.1, 0.15) is 25.0 Å². The summed E-state index contributed by atoms with van der Waals surface area (Å²) in [6, 6.07) is 3.97. The molecule has 37 heavy (non-hydrogen) atoms. The van der Waals surface area contributed by atoms with Crippen molar-refractivity contribution in [2.75, 3.05) is 31.1 Å². The maximum absolute atomic E-state index is 13.0. The number of furan rings is 1. The van der Waals surface area contributed by atoms with Crippen LogP contribution in [0, 0.1) is 11.2 Å². The van der Waals surface area contributed by atoms with Crippen molar-refractivity contribution >= 4 is 17.9 Å². The Labute approximate surface area is 205 Å². The van der Waals surface area contributed by atoms with Gasteiger partial charge in [0.15, 0.2) is 5.82 Å². The summed E-state index contributed by atoms with van der Waals surface area (Å²) in [7, 11) is 0. The van der Waals surface area contributed by atoms with Crippen LogP contribution < -0.4 is 4.90 Å². The molecule has 2 aromatic rings. The highest BCUT2D eigenvalue weighted by molar-refractivity contribution is 5.73. The molecule has 16 heteroatoms. The highest BCUT2D eigenvalue weighted by Gasteiger charge is 2.42. The van der Waals surface area contributed by atoms with Gasteiger partial charge in [-0.2, -0.15) is 26.3 Å². The summed E-state index contributed by atoms with van der Waals surface area (Å²) < 4.78 is 82.0. The van der Waals surface area contributed by atoms with Gasteiger partial charge in [0.2, 0.25) is 5.95 Å². The zero-order valence-electron chi connectivity index (χ0n) is 19.1. The summed E-state index contributed by atoms with van der Waals surface area (Å²) in [5, 5.41) is 14.2. The van der Waals surface area contributed by atoms with Crippen LogP contribution >= 0.6 is 0 Å². The van der Waals surface area contributed by atoms with Crippen molar-refractivity contribution in [1.29, 1.82) is 0 Å². The molecular formula is C21H23F7N4O5. The van der Waals surface area contributed by atoms with Crippen LogP contribution in [0.4, 0.5) is 36.7 Å². The Bertz CT molecular complexity index is 992. The molecule has 9 nitrogen and oxygen atoms in total. The lowest BCUT2D eigenvalue weighted by Gasteiger charge is -2.40. The third kappa shape index (κ3) is 9.51. The van der Waals surface area contributed by atoms with Gasteiger partial charge in [0.05, 0.1) is 25.2 Å². The minimum Gasteiger partial charge on any atom is -0.475 e. The Hall–Kier alpha value is -3.43. The molecule has 2 saturated heterocycles. The van der Waals surface area contributed by atoms with Gasteiger partial charge in [0.1, 0.15) is 5.76 Å². The van der Waals surface area contributed by atoms with E-state index in [9.17, 15) is 30.7 Å². The quantitative estimate of drug-likeness (QED) is 0.553. The molecule has 0 amide bonds. The minimum atomic E-state index is -5.08. The van der Waals surface area contributed by atoms with Crippen LogP contribution in [0.5, 0.6) is 0 Å². The molecule has 2 N–H and O–H groups in total. The van der Waals surface area contributed by atoms with Gasteiger partial charge < -0.3 is 19.5 Å². The highest BCUT2D eigenvalue weighted by atomic mass is 19.4. The number of carboxylic acids is 2. The molecule has 4 rings (SSSR count). The normalized spacial score (nSPS) is 20.0. The van der Waals surface area contributed by atoms with Crippen LogP contribution in [0.15, 0.2) is 35.2 Å². The predicted molar refractivity (Wildman–Crippen MR) is 112 cm³/mol. The third-order valence-electron chi connectivity index (χ3n) is 5.51. The Balaban J connectivity index is 0.000000286. The van der Waals surface area contributed by atoms with Crippen LogP contribution in [-0.2, 0) is 16.1 Å². The number of anilines is 1. The molecular weight excluding hydrogens is 521 g/mol. The van der Waals surface area contributed by atoms with Crippen LogP contribution in [0.3, 0.4) is 0 Å². The van der Waals surface area contributed by atoms with E-state index in [2.05, 4.69) is 19.8 Å². The van der Waals surface area contributed by atoms with Crippen molar-refractivity contribution in [1.82, 2.24) is 14.9 Å². The van der Waals surface area contributed by atoms with Crippen LogP contribution in [0.25, 0.3) is 0 Å². The molecule has 0 saturated carbocycles. The molecule has 1 atom stereocenters. The first-order valence-electron chi connectivity index (χ1n) is 10.7. The van der Waals surface area contributed by atoms with Crippen molar-refractivity contribution < 1.29 is 55.0 Å². The lowest BCUT2D eigenvalue weighted by atomic mass is 9.79. The maximum Gasteiger partial charge on any atom is 0.490 e. The van der Waals surface area contributed by atoms with E-state index < -0.39 is 24.3 Å². The first-order valence-corrected chi connectivity index (χ1v) is 10.7. The molecule has 2 aliphatic heterocycles. The van der Waals surface area contributed by atoms with Gasteiger partial charge in [-0.05, 0) is 37.9 Å². The van der Waals surface area contributed by atoms with Crippen molar-refractivity contribution in [3.05, 3.63) is 42.4 Å². The van der Waals surface area contributed by atoms with E-state index in [4.69, 9.17) is 24.2 Å². The van der Waals surface area contributed by atoms with Crippen molar-refractivity contribution in [3.63, 3.8) is 0 Å². The standard InChI is InChI=1S/C17H21FN4O.2C2HF3O2/c18-14-9-19-16(20-10-14)22-6-2-4-17(13-22)5-7-21(12-17)11-15-3-1-8-23-15;2*3-2(4,5)1(6)7/h1,3,8-10H,2,4-7,11-13H2;2*(H,6,7). The lowest BCUT2D eigenvalue weighted by molar-refractivity contribution is -0.193. The van der Waals surface area contributed by atoms with E-state index >= 15 is 0 Å². The summed E-state index contributed by atoms with van der Waals surface area (Å²) in [4.78, 5) is 30.8. The minimum absolute atomic E-state index is 0.294. The van der Waals surface area contributed by atoms with Crippen LogP contribution in [-0.4, -0.2) is 75.6 Å². The van der Waals surface area contributed by atoms with Gasteiger partial charge in [-0.25, -0.2) is 23.9 Å². The lowest BCUT2D eigenvalue weighted by Crippen LogP contribution is -2.45. The number of likely N-dealkylation sites (tertiary alicyclic amines) is 1. The van der Waals surface area contributed by atoms with E-state index in [1.54, 1.807) is 6.26 Å². The van der Waals surface area contributed by atoms with E-state index in [0.29, 0.717) is 11.4 Å². The summed E-state index contributed by atoms with van der Waals surface area (Å²) in [6.45, 7) is 4.95. The first-order chi connectivity index (χ1) is 17.1. The molecule has 2 aliphatic rings. The summed E-state index contributed by atoms with van der Waals surface area (Å²) in [6.07, 6.45) is -2.38. The molecule has 0 bridgehead atoms. The fraction of sp³-hybridized carbons (Fsp3) is 0.524. The molecule has 1 spiro atoms. The number of aliphatic carboxylic acids is 2. The van der Waals surface area contributed by atoms with Gasteiger partial charge in [0, 0.05) is 25.0 Å². The number of aromatic nitrogens is 2.